The fraction of sp³-hybridized carbons (Fsp3) is 0.235. The van der Waals surface area contributed by atoms with Crippen molar-refractivity contribution in [1.29, 1.82) is 0 Å². The number of imidazole rings is 1. The Balaban J connectivity index is 1.74. The van der Waals surface area contributed by atoms with Crippen molar-refractivity contribution in [2.75, 3.05) is 0 Å². The van der Waals surface area contributed by atoms with Gasteiger partial charge in [-0.2, -0.15) is 26.9 Å². The molecule has 2 aromatic heterocycles. The first kappa shape index (κ1) is 20.8. The number of alkyl halides is 5. The quantitative estimate of drug-likeness (QED) is 0.414. The Labute approximate surface area is 165 Å². The third-order valence-electron chi connectivity index (χ3n) is 3.66. The summed E-state index contributed by atoms with van der Waals surface area (Å²) >= 11 is 5.64. The molecule has 0 N–H and O–H groups in total. The summed E-state index contributed by atoms with van der Waals surface area (Å²) in [6, 6.07) is 6.30. The zero-order valence-corrected chi connectivity index (χ0v) is 15.4. The Morgan fingerprint density at radius 2 is 1.83 bits per heavy atom. The Morgan fingerprint density at radius 1 is 1.14 bits per heavy atom. The summed E-state index contributed by atoms with van der Waals surface area (Å²) in [4.78, 5) is 10.9. The molecule has 0 saturated carbocycles. The molecule has 1 aromatic carbocycles. The number of benzene rings is 1. The third-order valence-corrected chi connectivity index (χ3v) is 3.85. The largest absolute Gasteiger partial charge is 0.470 e. The van der Waals surface area contributed by atoms with Crippen molar-refractivity contribution in [3.8, 4) is 23.0 Å². The van der Waals surface area contributed by atoms with Crippen LogP contribution in [0.15, 0.2) is 36.7 Å². The molecule has 0 aliphatic heterocycles. The minimum absolute atomic E-state index is 0.0818. The van der Waals surface area contributed by atoms with Crippen molar-refractivity contribution in [2.45, 2.75) is 19.4 Å². The van der Waals surface area contributed by atoms with Crippen LogP contribution in [0.3, 0.4) is 0 Å². The lowest BCUT2D eigenvalue weighted by Crippen LogP contribution is -2.07. The van der Waals surface area contributed by atoms with Gasteiger partial charge in [0.15, 0.2) is 5.69 Å². The van der Waals surface area contributed by atoms with Crippen LogP contribution in [-0.2, 0) is 19.8 Å². The fourth-order valence-electron chi connectivity index (χ4n) is 2.39. The molecule has 29 heavy (non-hydrogen) atoms. The summed E-state index contributed by atoms with van der Waals surface area (Å²) < 4.78 is 74.1. The van der Waals surface area contributed by atoms with E-state index in [1.54, 1.807) is 24.3 Å². The van der Waals surface area contributed by atoms with Crippen molar-refractivity contribution in [1.82, 2.24) is 19.5 Å². The molecule has 0 bridgehead atoms. The van der Waals surface area contributed by atoms with E-state index in [1.165, 1.54) is 11.6 Å². The summed E-state index contributed by atoms with van der Waals surface area (Å²) in [5.74, 6) is -0.512. The molecule has 0 radical (unpaired) electrons. The van der Waals surface area contributed by atoms with Gasteiger partial charge in [-0.05, 0) is 17.2 Å². The van der Waals surface area contributed by atoms with E-state index in [1.807, 2.05) is 0 Å². The van der Waals surface area contributed by atoms with E-state index >= 15 is 0 Å². The smallest absolute Gasteiger partial charge is 0.434 e. The Hall–Kier alpha value is -2.95. The predicted octanol–water partition coefficient (Wildman–Crippen LogP) is 4.73. The lowest BCUT2D eigenvalue weighted by atomic mass is 10.1. The van der Waals surface area contributed by atoms with E-state index in [0.717, 1.165) is 12.4 Å². The summed E-state index contributed by atoms with van der Waals surface area (Å²) in [6.07, 6.45) is -2.68. The van der Waals surface area contributed by atoms with Crippen LogP contribution >= 0.6 is 11.6 Å². The molecule has 0 aliphatic carbocycles. The van der Waals surface area contributed by atoms with E-state index in [9.17, 15) is 22.0 Å². The van der Waals surface area contributed by atoms with Crippen molar-refractivity contribution >= 4 is 11.6 Å². The molecule has 0 aliphatic rings. The highest BCUT2D eigenvalue weighted by Crippen LogP contribution is 2.31. The number of rotatable bonds is 6. The van der Waals surface area contributed by atoms with Gasteiger partial charge in [0.2, 0.25) is 11.0 Å². The lowest BCUT2D eigenvalue weighted by Gasteiger charge is -2.11. The fourth-order valence-corrected chi connectivity index (χ4v) is 2.51. The maximum atomic E-state index is 12.8. The summed E-state index contributed by atoms with van der Waals surface area (Å²) in [5, 5.41) is -0.216. The number of halogens is 6. The van der Waals surface area contributed by atoms with Crippen LogP contribution in [0.2, 0.25) is 5.28 Å². The van der Waals surface area contributed by atoms with Gasteiger partial charge in [0.05, 0.1) is 6.20 Å². The molecule has 3 rings (SSSR count). The second-order valence-electron chi connectivity index (χ2n) is 5.73. The van der Waals surface area contributed by atoms with Gasteiger partial charge in [-0.3, -0.25) is 0 Å². The van der Waals surface area contributed by atoms with E-state index in [0.29, 0.717) is 11.1 Å². The van der Waals surface area contributed by atoms with Crippen LogP contribution in [-0.4, -0.2) is 26.1 Å². The topological polar surface area (TPSA) is 62.1 Å². The molecule has 0 spiro atoms. The van der Waals surface area contributed by atoms with Crippen LogP contribution in [0, 0.1) is 0 Å². The third kappa shape index (κ3) is 5.11. The Bertz CT molecular complexity index is 992. The van der Waals surface area contributed by atoms with Crippen LogP contribution in [0.25, 0.3) is 11.4 Å². The molecular weight excluding hydrogens is 423 g/mol. The maximum absolute atomic E-state index is 12.8. The van der Waals surface area contributed by atoms with Gasteiger partial charge in [0, 0.05) is 18.8 Å². The average Bonchev–Trinajstić information content (AvgIpc) is 3.04. The van der Waals surface area contributed by atoms with Gasteiger partial charge in [0.1, 0.15) is 12.4 Å². The average molecular weight is 435 g/mol. The number of nitrogens with zero attached hydrogens (tertiary/aromatic N) is 4. The highest BCUT2D eigenvalue weighted by molar-refractivity contribution is 6.28. The Kier molecular flexibility index (Phi) is 5.87. The minimum atomic E-state index is -4.54. The molecule has 0 atom stereocenters. The second-order valence-corrected chi connectivity index (χ2v) is 6.07. The van der Waals surface area contributed by atoms with Gasteiger partial charge >= 0.3 is 12.8 Å². The van der Waals surface area contributed by atoms with Crippen LogP contribution in [0.5, 0.6) is 11.6 Å². The van der Waals surface area contributed by atoms with Gasteiger partial charge in [-0.25, -0.2) is 9.97 Å². The normalized spacial score (nSPS) is 11.7. The highest BCUT2D eigenvalue weighted by Gasteiger charge is 2.34. The molecule has 12 heteroatoms. The molecule has 0 fully saturated rings. The van der Waals surface area contributed by atoms with E-state index < -0.39 is 18.5 Å². The van der Waals surface area contributed by atoms with Crippen molar-refractivity contribution in [3.63, 3.8) is 0 Å². The molecule has 0 amide bonds. The second kappa shape index (κ2) is 8.19. The maximum Gasteiger partial charge on any atom is 0.434 e. The molecule has 154 valence electrons. The molecule has 0 unspecified atom stereocenters. The van der Waals surface area contributed by atoms with E-state index in [2.05, 4.69) is 19.7 Å². The molecule has 3 aromatic rings. The van der Waals surface area contributed by atoms with Crippen molar-refractivity contribution in [3.05, 3.63) is 53.2 Å². The Morgan fingerprint density at radius 3 is 2.41 bits per heavy atom. The van der Waals surface area contributed by atoms with Gasteiger partial charge in [-0.1, -0.05) is 24.3 Å². The lowest BCUT2D eigenvalue weighted by molar-refractivity contribution is -0.140. The van der Waals surface area contributed by atoms with Crippen molar-refractivity contribution in [2.24, 2.45) is 7.05 Å². The first-order valence-electron chi connectivity index (χ1n) is 7.93. The zero-order chi connectivity index (χ0) is 21.2. The summed E-state index contributed by atoms with van der Waals surface area (Å²) in [6.45, 7) is -3.18. The summed E-state index contributed by atoms with van der Waals surface area (Å²) in [5.41, 5.74) is 0.0601. The summed E-state index contributed by atoms with van der Waals surface area (Å²) in [7, 11) is 1.46. The predicted molar refractivity (Wildman–Crippen MR) is 91.7 cm³/mol. The highest BCUT2D eigenvalue weighted by atomic mass is 35.5. The minimum Gasteiger partial charge on any atom is -0.470 e. The first-order chi connectivity index (χ1) is 13.6. The van der Waals surface area contributed by atoms with Gasteiger partial charge in [0.25, 0.3) is 5.88 Å². The van der Waals surface area contributed by atoms with Gasteiger partial charge in [-0.15, -0.1) is 0 Å². The van der Waals surface area contributed by atoms with E-state index in [4.69, 9.17) is 16.3 Å². The number of hydrogen-bond acceptors (Lipinski definition) is 5. The zero-order valence-electron chi connectivity index (χ0n) is 14.6. The number of aryl methyl sites for hydroxylation is 1. The van der Waals surface area contributed by atoms with Crippen LogP contribution in [0.1, 0.15) is 11.3 Å². The van der Waals surface area contributed by atoms with Crippen molar-refractivity contribution < 1.29 is 31.4 Å². The monoisotopic (exact) mass is 434 g/mol. The molecule has 0 saturated heterocycles. The first-order valence-corrected chi connectivity index (χ1v) is 8.31. The number of aromatic nitrogens is 4. The molecular formula is C17H12ClF5N4O2. The van der Waals surface area contributed by atoms with Crippen LogP contribution in [0.4, 0.5) is 22.0 Å². The SMILES string of the molecule is Cn1cc(C(F)(F)F)nc1-c1ccc(COc2nc(Cl)ncc2OC(F)F)cc1. The number of ether oxygens (including phenoxy) is 2. The molecule has 6 nitrogen and oxygen atoms in total. The standard InChI is InChI=1S/C17H12ClF5N4O2/c1-27-7-12(17(21,22)23)25-13(27)10-4-2-9(3-5-10)8-28-14-11(29-16(19)20)6-24-15(18)26-14/h2-7,16H,8H2,1H3. The van der Waals surface area contributed by atoms with Gasteiger partial charge < -0.3 is 14.0 Å². The van der Waals surface area contributed by atoms with E-state index in [-0.39, 0.29) is 29.3 Å². The molecule has 2 heterocycles. The van der Waals surface area contributed by atoms with Crippen LogP contribution < -0.4 is 9.47 Å². The number of hydrogen-bond donors (Lipinski definition) is 0.